The number of anilines is 2. The number of nitrogens with zero attached hydrogens (tertiary/aromatic N) is 2. The maximum absolute atomic E-state index is 11.9. The van der Waals surface area contributed by atoms with Crippen LogP contribution in [0.2, 0.25) is 0 Å². The number of rotatable bonds is 2. The molecule has 2 fully saturated rings. The monoisotopic (exact) mass is 340 g/mol. The molecule has 2 heterocycles. The van der Waals surface area contributed by atoms with E-state index in [9.17, 15) is 9.59 Å². The molecule has 2 amide bonds. The first-order chi connectivity index (χ1) is 9.58. The lowest BCUT2D eigenvalue weighted by Gasteiger charge is -2.19. The summed E-state index contributed by atoms with van der Waals surface area (Å²) in [5, 5.41) is 0. The van der Waals surface area contributed by atoms with E-state index in [2.05, 4.69) is 0 Å². The first-order valence-electron chi connectivity index (χ1n) is 5.67. The van der Waals surface area contributed by atoms with Crippen LogP contribution in [0.5, 0.6) is 0 Å². The van der Waals surface area contributed by atoms with E-state index in [1.54, 1.807) is 24.3 Å². The molecule has 0 saturated carbocycles. The van der Waals surface area contributed by atoms with Gasteiger partial charge in [0, 0.05) is 0 Å². The third-order valence-electron chi connectivity index (χ3n) is 2.85. The van der Waals surface area contributed by atoms with Crippen molar-refractivity contribution in [3.8, 4) is 0 Å². The number of thioether (sulfide) groups is 2. The quantitative estimate of drug-likeness (QED) is 0.770. The highest BCUT2D eigenvalue weighted by Gasteiger charge is 2.31. The Kier molecular flexibility index (Phi) is 3.80. The molecule has 0 atom stereocenters. The summed E-state index contributed by atoms with van der Waals surface area (Å²) in [6, 6.07) is 7.17. The van der Waals surface area contributed by atoms with Crippen molar-refractivity contribution in [2.75, 3.05) is 21.3 Å². The summed E-state index contributed by atoms with van der Waals surface area (Å²) in [6.07, 6.45) is 0. The molecule has 2 aliphatic heterocycles. The lowest BCUT2D eigenvalue weighted by Crippen LogP contribution is -2.30. The van der Waals surface area contributed by atoms with Gasteiger partial charge in [0.15, 0.2) is 0 Å². The molecule has 0 N–H and O–H groups in total. The van der Waals surface area contributed by atoms with Gasteiger partial charge >= 0.3 is 0 Å². The van der Waals surface area contributed by atoms with Gasteiger partial charge in [-0.3, -0.25) is 19.4 Å². The summed E-state index contributed by atoms with van der Waals surface area (Å²) in [7, 11) is 0. The largest absolute Gasteiger partial charge is 0.273 e. The molecule has 0 radical (unpaired) electrons. The first kappa shape index (κ1) is 14.0. The molecule has 20 heavy (non-hydrogen) atoms. The van der Waals surface area contributed by atoms with E-state index in [-0.39, 0.29) is 11.8 Å². The van der Waals surface area contributed by atoms with Gasteiger partial charge in [0.05, 0.1) is 22.9 Å². The van der Waals surface area contributed by atoms with Crippen molar-refractivity contribution in [3.05, 3.63) is 24.3 Å². The molecule has 3 rings (SSSR count). The van der Waals surface area contributed by atoms with Crippen LogP contribution in [0.4, 0.5) is 11.4 Å². The Hall–Kier alpha value is -0.960. The van der Waals surface area contributed by atoms with Crippen molar-refractivity contribution in [2.45, 2.75) is 0 Å². The molecule has 0 unspecified atom stereocenters. The molecule has 1 aromatic carbocycles. The highest BCUT2D eigenvalue weighted by atomic mass is 32.2. The maximum Gasteiger partial charge on any atom is 0.243 e. The maximum atomic E-state index is 11.9. The molecule has 1 aromatic rings. The van der Waals surface area contributed by atoms with Crippen molar-refractivity contribution < 1.29 is 9.59 Å². The number of benzene rings is 1. The van der Waals surface area contributed by atoms with E-state index in [4.69, 9.17) is 24.4 Å². The van der Waals surface area contributed by atoms with E-state index in [0.717, 1.165) is 0 Å². The van der Waals surface area contributed by atoms with E-state index < -0.39 is 0 Å². The van der Waals surface area contributed by atoms with Gasteiger partial charge in [0.1, 0.15) is 8.64 Å². The van der Waals surface area contributed by atoms with Crippen molar-refractivity contribution in [2.24, 2.45) is 0 Å². The molecule has 4 nitrogen and oxygen atoms in total. The second-order valence-electron chi connectivity index (χ2n) is 4.09. The highest BCUT2D eigenvalue weighted by molar-refractivity contribution is 8.25. The van der Waals surface area contributed by atoms with Crippen molar-refractivity contribution >= 4 is 79.8 Å². The Balaban J connectivity index is 1.98. The van der Waals surface area contributed by atoms with Gasteiger partial charge in [-0.25, -0.2) is 0 Å². The fourth-order valence-electron chi connectivity index (χ4n) is 1.98. The molecule has 2 saturated heterocycles. The van der Waals surface area contributed by atoms with Crippen LogP contribution in [-0.4, -0.2) is 32.0 Å². The zero-order valence-electron chi connectivity index (χ0n) is 10.1. The number of hydrogen-bond donors (Lipinski definition) is 0. The Bertz CT molecular complexity index is 563. The third-order valence-corrected chi connectivity index (χ3v) is 5.56. The summed E-state index contributed by atoms with van der Waals surface area (Å²) in [5.74, 6) is 0.642. The molecule has 2 aliphatic rings. The Morgan fingerprint density at radius 2 is 1.35 bits per heavy atom. The van der Waals surface area contributed by atoms with Crippen LogP contribution in [0.25, 0.3) is 0 Å². The number of hydrogen-bond acceptors (Lipinski definition) is 6. The normalized spacial score (nSPS) is 19.4. The van der Waals surface area contributed by atoms with E-state index in [1.807, 2.05) is 0 Å². The lowest BCUT2D eigenvalue weighted by molar-refractivity contribution is -0.115. The van der Waals surface area contributed by atoms with Crippen LogP contribution < -0.4 is 9.80 Å². The van der Waals surface area contributed by atoms with Crippen LogP contribution in [0.15, 0.2) is 24.3 Å². The third kappa shape index (κ3) is 2.37. The van der Waals surface area contributed by atoms with Crippen LogP contribution in [0.1, 0.15) is 0 Å². The van der Waals surface area contributed by atoms with Crippen molar-refractivity contribution in [1.82, 2.24) is 0 Å². The van der Waals surface area contributed by atoms with Crippen LogP contribution >= 0.6 is 48.0 Å². The summed E-state index contributed by atoms with van der Waals surface area (Å²) < 4.78 is 1.08. The second-order valence-corrected chi connectivity index (χ2v) is 7.31. The Morgan fingerprint density at radius 1 is 0.900 bits per heavy atom. The Labute approximate surface area is 134 Å². The summed E-state index contributed by atoms with van der Waals surface area (Å²) >= 11 is 13.1. The number of carbonyl (C=O) groups excluding carboxylic acids is 2. The smallest absolute Gasteiger partial charge is 0.243 e. The fraction of sp³-hybridized carbons (Fsp3) is 0.167. The number of thiocarbonyl (C=S) groups is 2. The minimum Gasteiger partial charge on any atom is -0.273 e. The zero-order valence-corrected chi connectivity index (χ0v) is 13.3. The first-order valence-corrected chi connectivity index (χ1v) is 8.46. The SMILES string of the molecule is O=C1CSC(=S)N1c1cccc(N2C(=O)CSC2=S)c1. The molecular weight excluding hydrogens is 332 g/mol. The predicted molar refractivity (Wildman–Crippen MR) is 91.5 cm³/mol. The molecule has 0 spiro atoms. The van der Waals surface area contributed by atoms with Gasteiger partial charge in [-0.05, 0) is 18.2 Å². The highest BCUT2D eigenvalue weighted by Crippen LogP contribution is 2.32. The predicted octanol–water partition coefficient (Wildman–Crippen LogP) is 2.42. The average Bonchev–Trinajstić information content (AvgIpc) is 2.93. The van der Waals surface area contributed by atoms with Crippen molar-refractivity contribution in [3.63, 3.8) is 0 Å². The van der Waals surface area contributed by atoms with Gasteiger partial charge < -0.3 is 0 Å². The number of amides is 2. The summed E-state index contributed by atoms with van der Waals surface area (Å²) in [6.45, 7) is 0. The van der Waals surface area contributed by atoms with E-state index in [0.29, 0.717) is 31.5 Å². The van der Waals surface area contributed by atoms with Crippen LogP contribution in [0.3, 0.4) is 0 Å². The second kappa shape index (κ2) is 5.44. The molecule has 0 aliphatic carbocycles. The topological polar surface area (TPSA) is 40.6 Å². The zero-order chi connectivity index (χ0) is 14.3. The average molecular weight is 340 g/mol. The minimum atomic E-state index is -0.0400. The summed E-state index contributed by atoms with van der Waals surface area (Å²) in [5.41, 5.74) is 1.35. The molecule has 0 aromatic heterocycles. The standard InChI is InChI=1S/C12H8N2O2S4/c15-9-5-19-11(17)13(9)7-2-1-3-8(4-7)14-10(16)6-20-12(14)18/h1-4H,5-6H2. The number of carbonyl (C=O) groups is 2. The fourth-order valence-corrected chi connectivity index (χ4v) is 4.17. The van der Waals surface area contributed by atoms with Gasteiger partial charge in [0.25, 0.3) is 0 Å². The molecule has 8 heteroatoms. The van der Waals surface area contributed by atoms with Crippen LogP contribution in [0, 0.1) is 0 Å². The van der Waals surface area contributed by atoms with E-state index in [1.165, 1.54) is 33.3 Å². The van der Waals surface area contributed by atoms with Crippen molar-refractivity contribution in [1.29, 1.82) is 0 Å². The minimum absolute atomic E-state index is 0.0400. The van der Waals surface area contributed by atoms with Gasteiger partial charge in [-0.15, -0.1) is 0 Å². The lowest BCUT2D eigenvalue weighted by atomic mass is 10.2. The molecule has 0 bridgehead atoms. The Morgan fingerprint density at radius 3 is 1.70 bits per heavy atom. The van der Waals surface area contributed by atoms with Gasteiger partial charge in [-0.2, -0.15) is 0 Å². The molecular formula is C12H8N2O2S4. The van der Waals surface area contributed by atoms with Crippen LogP contribution in [-0.2, 0) is 9.59 Å². The summed E-state index contributed by atoms with van der Waals surface area (Å²) in [4.78, 5) is 26.7. The molecule has 102 valence electrons. The van der Waals surface area contributed by atoms with Gasteiger partial charge in [-0.1, -0.05) is 54.0 Å². The van der Waals surface area contributed by atoms with Gasteiger partial charge in [0.2, 0.25) is 11.8 Å². The van der Waals surface area contributed by atoms with E-state index >= 15 is 0 Å².